The molecular formula is C13H15ClFN3. The Bertz CT molecular complexity index is 519. The Labute approximate surface area is 110 Å². The van der Waals surface area contributed by atoms with Crippen LogP contribution in [0, 0.1) is 5.82 Å². The molecule has 1 heterocycles. The Hall–Kier alpha value is -1.39. The van der Waals surface area contributed by atoms with Crippen molar-refractivity contribution in [2.75, 3.05) is 0 Å². The van der Waals surface area contributed by atoms with Crippen molar-refractivity contribution < 1.29 is 4.39 Å². The predicted octanol–water partition coefficient (Wildman–Crippen LogP) is 3.13. The van der Waals surface area contributed by atoms with Crippen LogP contribution in [-0.4, -0.2) is 9.78 Å². The molecule has 0 aliphatic heterocycles. The molecule has 1 aromatic heterocycles. The molecule has 0 saturated heterocycles. The standard InChI is InChI=1S/C13H15ClFN3/c1-2-6-18-8-9(7-17-18)13(16)12-10(14)4-3-5-11(12)15/h3-5,7-8,13H,2,6,16H2,1H3. The van der Waals surface area contributed by atoms with E-state index in [1.807, 2.05) is 6.20 Å². The van der Waals surface area contributed by atoms with Crippen molar-refractivity contribution in [3.63, 3.8) is 0 Å². The average Bonchev–Trinajstić information content (AvgIpc) is 2.78. The number of nitrogens with zero attached hydrogens (tertiary/aromatic N) is 2. The summed E-state index contributed by atoms with van der Waals surface area (Å²) in [5.74, 6) is -0.391. The zero-order valence-electron chi connectivity index (χ0n) is 10.1. The number of nitrogens with two attached hydrogens (primary N) is 1. The number of aromatic nitrogens is 2. The molecule has 5 heteroatoms. The van der Waals surface area contributed by atoms with E-state index < -0.39 is 11.9 Å². The minimum absolute atomic E-state index is 0.315. The van der Waals surface area contributed by atoms with Gasteiger partial charge < -0.3 is 5.73 Å². The smallest absolute Gasteiger partial charge is 0.129 e. The summed E-state index contributed by atoms with van der Waals surface area (Å²) in [6, 6.07) is 3.96. The summed E-state index contributed by atoms with van der Waals surface area (Å²) in [5, 5.41) is 4.52. The van der Waals surface area contributed by atoms with Gasteiger partial charge in [-0.25, -0.2) is 4.39 Å². The van der Waals surface area contributed by atoms with E-state index in [1.165, 1.54) is 6.07 Å². The van der Waals surface area contributed by atoms with Gasteiger partial charge in [0.15, 0.2) is 0 Å². The van der Waals surface area contributed by atoms with Gasteiger partial charge in [0.1, 0.15) is 5.82 Å². The lowest BCUT2D eigenvalue weighted by atomic mass is 10.0. The molecule has 0 saturated carbocycles. The first-order valence-corrected chi connectivity index (χ1v) is 6.23. The molecule has 0 fully saturated rings. The zero-order valence-corrected chi connectivity index (χ0v) is 10.9. The van der Waals surface area contributed by atoms with E-state index >= 15 is 0 Å². The fraction of sp³-hybridized carbons (Fsp3) is 0.308. The van der Waals surface area contributed by atoms with Crippen LogP contribution >= 0.6 is 11.6 Å². The molecule has 18 heavy (non-hydrogen) atoms. The highest BCUT2D eigenvalue weighted by atomic mass is 35.5. The van der Waals surface area contributed by atoms with Crippen molar-refractivity contribution in [1.29, 1.82) is 0 Å². The van der Waals surface area contributed by atoms with Crippen LogP contribution in [-0.2, 0) is 6.54 Å². The maximum atomic E-state index is 13.7. The Morgan fingerprint density at radius 2 is 2.28 bits per heavy atom. The first kappa shape index (κ1) is 13.1. The van der Waals surface area contributed by atoms with Crippen molar-refractivity contribution in [2.24, 2.45) is 5.73 Å². The van der Waals surface area contributed by atoms with Gasteiger partial charge in [0.2, 0.25) is 0 Å². The fourth-order valence-electron chi connectivity index (χ4n) is 1.87. The van der Waals surface area contributed by atoms with Crippen LogP contribution in [0.3, 0.4) is 0 Å². The summed E-state index contributed by atoms with van der Waals surface area (Å²) in [4.78, 5) is 0. The van der Waals surface area contributed by atoms with Crippen LogP contribution < -0.4 is 5.73 Å². The Kier molecular flexibility index (Phi) is 3.99. The Morgan fingerprint density at radius 3 is 2.94 bits per heavy atom. The van der Waals surface area contributed by atoms with E-state index in [9.17, 15) is 4.39 Å². The van der Waals surface area contributed by atoms with Crippen LogP contribution in [0.2, 0.25) is 5.02 Å². The molecule has 2 aromatic rings. The molecular weight excluding hydrogens is 253 g/mol. The topological polar surface area (TPSA) is 43.8 Å². The van der Waals surface area contributed by atoms with Gasteiger partial charge in [-0.1, -0.05) is 24.6 Å². The molecule has 0 radical (unpaired) electrons. The Morgan fingerprint density at radius 1 is 1.50 bits per heavy atom. The molecule has 0 bridgehead atoms. The quantitative estimate of drug-likeness (QED) is 0.925. The molecule has 1 aromatic carbocycles. The monoisotopic (exact) mass is 267 g/mol. The van der Waals surface area contributed by atoms with Crippen molar-refractivity contribution in [3.05, 3.63) is 52.6 Å². The van der Waals surface area contributed by atoms with Crippen LogP contribution in [0.25, 0.3) is 0 Å². The third kappa shape index (κ3) is 2.54. The molecule has 0 spiro atoms. The number of aryl methyl sites for hydroxylation is 1. The summed E-state index contributed by atoms with van der Waals surface area (Å²) < 4.78 is 15.5. The second kappa shape index (κ2) is 5.50. The largest absolute Gasteiger partial charge is 0.320 e. The van der Waals surface area contributed by atoms with E-state index in [0.717, 1.165) is 18.5 Å². The van der Waals surface area contributed by atoms with Crippen molar-refractivity contribution in [2.45, 2.75) is 25.9 Å². The number of rotatable bonds is 4. The molecule has 2 rings (SSSR count). The van der Waals surface area contributed by atoms with Crippen molar-refractivity contribution in [3.8, 4) is 0 Å². The first-order chi connectivity index (χ1) is 8.63. The first-order valence-electron chi connectivity index (χ1n) is 5.85. The zero-order chi connectivity index (χ0) is 13.1. The minimum atomic E-state index is -0.593. The summed E-state index contributed by atoms with van der Waals surface area (Å²) >= 11 is 6.00. The normalized spacial score (nSPS) is 12.7. The van der Waals surface area contributed by atoms with Gasteiger partial charge in [0.05, 0.1) is 12.2 Å². The summed E-state index contributed by atoms with van der Waals surface area (Å²) in [6.45, 7) is 2.88. The average molecular weight is 268 g/mol. The van der Waals surface area contributed by atoms with Gasteiger partial charge in [-0.2, -0.15) is 5.10 Å². The van der Waals surface area contributed by atoms with E-state index in [0.29, 0.717) is 10.6 Å². The second-order valence-electron chi connectivity index (χ2n) is 4.15. The molecule has 96 valence electrons. The van der Waals surface area contributed by atoms with Gasteiger partial charge in [-0.3, -0.25) is 4.68 Å². The lowest BCUT2D eigenvalue weighted by Crippen LogP contribution is -2.13. The predicted molar refractivity (Wildman–Crippen MR) is 70.0 cm³/mol. The number of halogens is 2. The lowest BCUT2D eigenvalue weighted by molar-refractivity contribution is 0.595. The van der Waals surface area contributed by atoms with Gasteiger partial charge in [0, 0.05) is 28.9 Å². The van der Waals surface area contributed by atoms with Gasteiger partial charge in [-0.05, 0) is 18.6 Å². The Balaban J connectivity index is 2.32. The van der Waals surface area contributed by atoms with E-state index in [4.69, 9.17) is 17.3 Å². The highest BCUT2D eigenvalue weighted by Crippen LogP contribution is 2.28. The van der Waals surface area contributed by atoms with E-state index in [2.05, 4.69) is 12.0 Å². The molecule has 0 aliphatic rings. The van der Waals surface area contributed by atoms with Crippen LogP contribution in [0.4, 0.5) is 4.39 Å². The van der Waals surface area contributed by atoms with Gasteiger partial charge in [-0.15, -0.1) is 0 Å². The molecule has 3 nitrogen and oxygen atoms in total. The SMILES string of the molecule is CCCn1cc(C(N)c2c(F)cccc2Cl)cn1. The van der Waals surface area contributed by atoms with Gasteiger partial charge in [0.25, 0.3) is 0 Å². The lowest BCUT2D eigenvalue weighted by Gasteiger charge is -2.12. The van der Waals surface area contributed by atoms with Crippen molar-refractivity contribution >= 4 is 11.6 Å². The maximum Gasteiger partial charge on any atom is 0.129 e. The summed E-state index contributed by atoms with van der Waals surface area (Å²) in [7, 11) is 0. The number of benzene rings is 1. The fourth-order valence-corrected chi connectivity index (χ4v) is 2.15. The van der Waals surface area contributed by atoms with E-state index in [-0.39, 0.29) is 0 Å². The molecule has 1 unspecified atom stereocenters. The highest BCUT2D eigenvalue weighted by molar-refractivity contribution is 6.31. The van der Waals surface area contributed by atoms with E-state index in [1.54, 1.807) is 23.0 Å². The number of hydrogen-bond donors (Lipinski definition) is 1. The summed E-state index contributed by atoms with van der Waals surface area (Å²) in [5.41, 5.74) is 7.12. The molecule has 0 amide bonds. The van der Waals surface area contributed by atoms with Crippen LogP contribution in [0.5, 0.6) is 0 Å². The minimum Gasteiger partial charge on any atom is -0.320 e. The molecule has 2 N–H and O–H groups in total. The van der Waals surface area contributed by atoms with Gasteiger partial charge >= 0.3 is 0 Å². The third-order valence-electron chi connectivity index (χ3n) is 2.78. The molecule has 1 atom stereocenters. The highest BCUT2D eigenvalue weighted by Gasteiger charge is 2.18. The molecule has 0 aliphatic carbocycles. The van der Waals surface area contributed by atoms with Crippen LogP contribution in [0.1, 0.15) is 30.5 Å². The third-order valence-corrected chi connectivity index (χ3v) is 3.11. The summed E-state index contributed by atoms with van der Waals surface area (Å²) in [6.07, 6.45) is 4.47. The second-order valence-corrected chi connectivity index (χ2v) is 4.56. The van der Waals surface area contributed by atoms with Crippen LogP contribution in [0.15, 0.2) is 30.6 Å². The van der Waals surface area contributed by atoms with Crippen molar-refractivity contribution in [1.82, 2.24) is 9.78 Å². The maximum absolute atomic E-state index is 13.7. The number of hydrogen-bond acceptors (Lipinski definition) is 2.